The summed E-state index contributed by atoms with van der Waals surface area (Å²) in [5.74, 6) is 0.0975. The first-order chi connectivity index (χ1) is 18.9. The molecule has 0 aromatic heterocycles. The molecule has 3 aromatic rings. The van der Waals surface area contributed by atoms with Crippen LogP contribution in [0.25, 0.3) is 0 Å². The smallest absolute Gasteiger partial charge is 0.264 e. The molecule has 0 saturated heterocycles. The Kier molecular flexibility index (Phi) is 10.3. The Labute approximate surface area is 238 Å². The molecule has 0 bridgehead atoms. The van der Waals surface area contributed by atoms with Crippen molar-refractivity contribution in [2.45, 2.75) is 52.1 Å². The topological polar surface area (TPSA) is 96.0 Å². The second kappa shape index (κ2) is 13.5. The van der Waals surface area contributed by atoms with Crippen molar-refractivity contribution >= 4 is 27.5 Å². The van der Waals surface area contributed by atoms with Crippen molar-refractivity contribution < 1.29 is 22.7 Å². The molecule has 0 unspecified atom stereocenters. The molecular weight excluding hydrogens is 526 g/mol. The van der Waals surface area contributed by atoms with E-state index in [9.17, 15) is 18.0 Å². The first-order valence-corrected chi connectivity index (χ1v) is 14.7. The van der Waals surface area contributed by atoms with Gasteiger partial charge < -0.3 is 15.0 Å². The quantitative estimate of drug-likeness (QED) is 0.344. The number of ether oxygens (including phenoxy) is 1. The Morgan fingerprint density at radius 2 is 1.55 bits per heavy atom. The van der Waals surface area contributed by atoms with E-state index in [-0.39, 0.29) is 23.3 Å². The van der Waals surface area contributed by atoms with Gasteiger partial charge in [-0.25, -0.2) is 8.42 Å². The molecule has 3 rings (SSSR count). The van der Waals surface area contributed by atoms with Crippen LogP contribution in [-0.2, 0) is 26.2 Å². The molecule has 1 N–H and O–H groups in total. The van der Waals surface area contributed by atoms with Crippen LogP contribution < -0.4 is 14.4 Å². The summed E-state index contributed by atoms with van der Waals surface area (Å²) >= 11 is 0. The van der Waals surface area contributed by atoms with Crippen LogP contribution in [0.15, 0.2) is 77.7 Å². The van der Waals surface area contributed by atoms with Gasteiger partial charge in [-0.15, -0.1) is 0 Å². The highest BCUT2D eigenvalue weighted by molar-refractivity contribution is 7.92. The number of hydrogen-bond donors (Lipinski definition) is 1. The van der Waals surface area contributed by atoms with Gasteiger partial charge in [-0.05, 0) is 73.7 Å². The maximum Gasteiger partial charge on any atom is 0.264 e. The lowest BCUT2D eigenvalue weighted by molar-refractivity contribution is -0.139. The average Bonchev–Trinajstić information content (AvgIpc) is 2.95. The third-order valence-corrected chi connectivity index (χ3v) is 8.59. The van der Waals surface area contributed by atoms with E-state index in [4.69, 9.17) is 4.74 Å². The van der Waals surface area contributed by atoms with Crippen LogP contribution in [-0.4, -0.2) is 51.4 Å². The molecule has 1 atom stereocenters. The van der Waals surface area contributed by atoms with Crippen molar-refractivity contribution in [3.05, 3.63) is 89.5 Å². The molecule has 0 spiro atoms. The monoisotopic (exact) mass is 565 g/mol. The van der Waals surface area contributed by atoms with Crippen molar-refractivity contribution in [3.63, 3.8) is 0 Å². The first-order valence-electron chi connectivity index (χ1n) is 13.3. The SMILES string of the molecule is COc1ccc(CN(C(=O)CN(c2cccc(C)c2C)S(=O)(=O)c2ccccc2)[C@@H](C)C(=O)NCC(C)C)cc1. The van der Waals surface area contributed by atoms with E-state index < -0.39 is 28.5 Å². The molecule has 0 radical (unpaired) electrons. The van der Waals surface area contributed by atoms with Crippen LogP contribution in [0.1, 0.15) is 37.5 Å². The summed E-state index contributed by atoms with van der Waals surface area (Å²) in [7, 11) is -2.53. The Morgan fingerprint density at radius 3 is 2.15 bits per heavy atom. The maximum atomic E-state index is 14.0. The number of nitrogens with zero attached hydrogens (tertiary/aromatic N) is 2. The summed E-state index contributed by atoms with van der Waals surface area (Å²) in [6.07, 6.45) is 0. The molecular formula is C31H39N3O5S. The molecule has 40 heavy (non-hydrogen) atoms. The van der Waals surface area contributed by atoms with Gasteiger partial charge in [0.1, 0.15) is 18.3 Å². The van der Waals surface area contributed by atoms with E-state index in [2.05, 4.69) is 5.32 Å². The highest BCUT2D eigenvalue weighted by Gasteiger charge is 2.33. The third-order valence-electron chi connectivity index (χ3n) is 6.82. The molecule has 0 aliphatic carbocycles. The molecule has 8 nitrogen and oxygen atoms in total. The van der Waals surface area contributed by atoms with Crippen LogP contribution in [0.5, 0.6) is 5.75 Å². The first kappa shape index (κ1) is 30.7. The largest absolute Gasteiger partial charge is 0.497 e. The molecule has 0 saturated carbocycles. The summed E-state index contributed by atoms with van der Waals surface area (Å²) in [5, 5.41) is 2.89. The van der Waals surface area contributed by atoms with Crippen LogP contribution >= 0.6 is 0 Å². The van der Waals surface area contributed by atoms with Gasteiger partial charge in [0.25, 0.3) is 10.0 Å². The number of benzene rings is 3. The average molecular weight is 566 g/mol. The van der Waals surface area contributed by atoms with E-state index >= 15 is 0 Å². The fourth-order valence-corrected chi connectivity index (χ4v) is 5.69. The zero-order valence-corrected chi connectivity index (χ0v) is 24.9. The zero-order chi connectivity index (χ0) is 29.4. The molecule has 0 heterocycles. The fraction of sp³-hybridized carbons (Fsp3) is 0.355. The van der Waals surface area contributed by atoms with E-state index in [1.165, 1.54) is 17.0 Å². The van der Waals surface area contributed by atoms with Gasteiger partial charge in [0.15, 0.2) is 0 Å². The van der Waals surface area contributed by atoms with Gasteiger partial charge in [0.05, 0.1) is 17.7 Å². The van der Waals surface area contributed by atoms with Crippen molar-refractivity contribution in [1.82, 2.24) is 10.2 Å². The third kappa shape index (κ3) is 7.41. The number of nitrogens with one attached hydrogen (secondary N) is 1. The lowest BCUT2D eigenvalue weighted by Gasteiger charge is -2.32. The van der Waals surface area contributed by atoms with Gasteiger partial charge in [-0.2, -0.15) is 0 Å². The van der Waals surface area contributed by atoms with Gasteiger partial charge in [-0.3, -0.25) is 13.9 Å². The number of aryl methyl sites for hydroxylation is 1. The second-order valence-corrected chi connectivity index (χ2v) is 12.1. The number of rotatable bonds is 12. The van der Waals surface area contributed by atoms with Gasteiger partial charge in [0, 0.05) is 13.1 Å². The van der Waals surface area contributed by atoms with Crippen molar-refractivity contribution in [1.29, 1.82) is 0 Å². The van der Waals surface area contributed by atoms with Gasteiger partial charge in [0.2, 0.25) is 11.8 Å². The van der Waals surface area contributed by atoms with Crippen LogP contribution in [0.2, 0.25) is 0 Å². The predicted octanol–water partition coefficient (Wildman–Crippen LogP) is 4.70. The predicted molar refractivity (Wildman–Crippen MR) is 158 cm³/mol. The molecule has 9 heteroatoms. The lowest BCUT2D eigenvalue weighted by Crippen LogP contribution is -2.51. The number of amides is 2. The van der Waals surface area contributed by atoms with E-state index in [1.807, 2.05) is 45.9 Å². The molecule has 0 fully saturated rings. The maximum absolute atomic E-state index is 14.0. The van der Waals surface area contributed by atoms with Crippen LogP contribution in [0, 0.1) is 19.8 Å². The van der Waals surface area contributed by atoms with E-state index in [0.717, 1.165) is 21.0 Å². The number of methoxy groups -OCH3 is 1. The van der Waals surface area contributed by atoms with E-state index in [0.29, 0.717) is 18.0 Å². The summed E-state index contributed by atoms with van der Waals surface area (Å²) < 4.78 is 34.2. The molecule has 2 amide bonds. The number of hydrogen-bond acceptors (Lipinski definition) is 5. The number of carbonyl (C=O) groups is 2. The van der Waals surface area contributed by atoms with Crippen LogP contribution in [0.3, 0.4) is 0 Å². The highest BCUT2D eigenvalue weighted by atomic mass is 32.2. The van der Waals surface area contributed by atoms with Gasteiger partial charge >= 0.3 is 0 Å². The Hall–Kier alpha value is -3.85. The van der Waals surface area contributed by atoms with Crippen LogP contribution in [0.4, 0.5) is 5.69 Å². The normalized spacial score (nSPS) is 12.1. The zero-order valence-electron chi connectivity index (χ0n) is 24.0. The summed E-state index contributed by atoms with van der Waals surface area (Å²) in [5.41, 5.74) is 2.84. The highest BCUT2D eigenvalue weighted by Crippen LogP contribution is 2.29. The Morgan fingerprint density at radius 1 is 0.900 bits per heavy atom. The van der Waals surface area contributed by atoms with Gasteiger partial charge in [-0.1, -0.05) is 56.3 Å². The minimum absolute atomic E-state index is 0.0770. The number of anilines is 1. The van der Waals surface area contributed by atoms with Crippen molar-refractivity contribution in [3.8, 4) is 5.75 Å². The van der Waals surface area contributed by atoms with Crippen molar-refractivity contribution in [2.24, 2.45) is 5.92 Å². The summed E-state index contributed by atoms with van der Waals surface area (Å²) in [4.78, 5) is 28.6. The second-order valence-electron chi connectivity index (χ2n) is 10.2. The molecule has 3 aromatic carbocycles. The standard InChI is InChI=1S/C31H39N3O5S/c1-22(2)19-32-31(36)25(5)33(20-26-15-17-27(39-6)18-16-26)30(35)21-34(29-14-10-11-23(3)24(29)4)40(37,38)28-12-8-7-9-13-28/h7-18,22,25H,19-21H2,1-6H3,(H,32,36)/t25-/m0/s1. The summed E-state index contributed by atoms with van der Waals surface area (Å²) in [6, 6.07) is 19.8. The lowest BCUT2D eigenvalue weighted by atomic mass is 10.1. The molecule has 214 valence electrons. The fourth-order valence-electron chi connectivity index (χ4n) is 4.20. The minimum Gasteiger partial charge on any atom is -0.497 e. The molecule has 0 aliphatic heterocycles. The summed E-state index contributed by atoms with van der Waals surface area (Å²) in [6.45, 7) is 9.47. The Bertz CT molecular complexity index is 1410. The number of carbonyl (C=O) groups excluding carboxylic acids is 2. The molecule has 0 aliphatic rings. The minimum atomic E-state index is -4.10. The number of sulfonamides is 1. The van der Waals surface area contributed by atoms with E-state index in [1.54, 1.807) is 56.5 Å². The Balaban J connectivity index is 2.03. The van der Waals surface area contributed by atoms with Crippen molar-refractivity contribution in [2.75, 3.05) is 24.5 Å².